The van der Waals surface area contributed by atoms with Crippen LogP contribution < -0.4 is 16.4 Å². The van der Waals surface area contributed by atoms with Crippen LogP contribution in [0.15, 0.2) is 84.2 Å². The van der Waals surface area contributed by atoms with E-state index in [4.69, 9.17) is 15.5 Å². The number of rotatable bonds is 8. The summed E-state index contributed by atoms with van der Waals surface area (Å²) in [6, 6.07) is 23.6. The van der Waals surface area contributed by atoms with Gasteiger partial charge in [0.15, 0.2) is 5.13 Å². The van der Waals surface area contributed by atoms with E-state index in [1.165, 1.54) is 22.7 Å². The minimum atomic E-state index is -0.380. The van der Waals surface area contributed by atoms with E-state index in [1.54, 1.807) is 37.3 Å². The Morgan fingerprint density at radius 1 is 0.921 bits per heavy atom. The molecule has 0 spiro atoms. The van der Waals surface area contributed by atoms with Crippen molar-refractivity contribution in [2.24, 2.45) is 0 Å². The Balaban J connectivity index is 1.32. The standard InChI is InChI=1S/C28H23N5O3S2/c1-2-36-27(35)19-11-7-13-21(15-19)31-28-33-24(29)23(38-28)26-32-22(16-37-26)18-10-6-12-20(14-18)30-25(34)17-8-4-3-5-9-17/h3-16H,2,29H2,1H3,(H,30,34)(H,31,33). The molecule has 3 aromatic carbocycles. The molecule has 0 aliphatic heterocycles. The van der Waals surface area contributed by atoms with Crippen LogP contribution in [0.5, 0.6) is 0 Å². The third-order valence-electron chi connectivity index (χ3n) is 5.43. The number of ether oxygens (including phenoxy) is 1. The van der Waals surface area contributed by atoms with Crippen LogP contribution in [-0.4, -0.2) is 28.5 Å². The van der Waals surface area contributed by atoms with Crippen molar-refractivity contribution in [3.05, 3.63) is 95.4 Å². The van der Waals surface area contributed by atoms with E-state index in [-0.39, 0.29) is 11.9 Å². The molecule has 10 heteroatoms. The first kappa shape index (κ1) is 25.1. The van der Waals surface area contributed by atoms with E-state index in [2.05, 4.69) is 15.6 Å². The van der Waals surface area contributed by atoms with Gasteiger partial charge in [0.2, 0.25) is 0 Å². The van der Waals surface area contributed by atoms with Gasteiger partial charge >= 0.3 is 5.97 Å². The zero-order valence-electron chi connectivity index (χ0n) is 20.3. The zero-order valence-corrected chi connectivity index (χ0v) is 21.9. The molecular weight excluding hydrogens is 518 g/mol. The van der Waals surface area contributed by atoms with Crippen molar-refractivity contribution >= 4 is 56.9 Å². The fourth-order valence-corrected chi connectivity index (χ4v) is 5.49. The predicted octanol–water partition coefficient (Wildman–Crippen LogP) is 6.69. The highest BCUT2D eigenvalue weighted by Crippen LogP contribution is 2.39. The highest BCUT2D eigenvalue weighted by molar-refractivity contribution is 7.23. The van der Waals surface area contributed by atoms with Gasteiger partial charge in [0.1, 0.15) is 15.7 Å². The van der Waals surface area contributed by atoms with Crippen molar-refractivity contribution in [3.63, 3.8) is 0 Å². The maximum Gasteiger partial charge on any atom is 0.338 e. The number of nitrogens with zero attached hydrogens (tertiary/aromatic N) is 2. The van der Waals surface area contributed by atoms with Crippen molar-refractivity contribution in [2.45, 2.75) is 6.92 Å². The van der Waals surface area contributed by atoms with Gasteiger partial charge in [-0.2, -0.15) is 0 Å². The molecule has 4 N–H and O–H groups in total. The Bertz CT molecular complexity index is 1600. The molecule has 38 heavy (non-hydrogen) atoms. The van der Waals surface area contributed by atoms with Gasteiger partial charge in [-0.25, -0.2) is 14.8 Å². The van der Waals surface area contributed by atoms with Crippen molar-refractivity contribution in [1.82, 2.24) is 9.97 Å². The zero-order chi connectivity index (χ0) is 26.5. The van der Waals surface area contributed by atoms with Gasteiger partial charge in [-0.3, -0.25) is 4.79 Å². The number of hydrogen-bond acceptors (Lipinski definition) is 9. The van der Waals surface area contributed by atoms with E-state index < -0.39 is 0 Å². The average Bonchev–Trinajstić information content (AvgIpc) is 3.56. The SMILES string of the molecule is CCOC(=O)c1cccc(Nc2nc(N)c(-c3nc(-c4cccc(NC(=O)c5ccccc5)c4)cs3)s2)c1. The number of carbonyl (C=O) groups excluding carboxylic acids is 2. The van der Waals surface area contributed by atoms with Crippen LogP contribution in [0.1, 0.15) is 27.6 Å². The molecule has 0 saturated carbocycles. The summed E-state index contributed by atoms with van der Waals surface area (Å²) in [6.45, 7) is 2.08. The summed E-state index contributed by atoms with van der Waals surface area (Å²) in [5, 5.41) is 9.41. The largest absolute Gasteiger partial charge is 0.462 e. The summed E-state index contributed by atoms with van der Waals surface area (Å²) in [7, 11) is 0. The minimum Gasteiger partial charge on any atom is -0.462 e. The first-order valence-electron chi connectivity index (χ1n) is 11.7. The molecule has 5 rings (SSSR count). The van der Waals surface area contributed by atoms with E-state index in [0.29, 0.717) is 40.1 Å². The van der Waals surface area contributed by atoms with Gasteiger partial charge in [-0.1, -0.05) is 47.7 Å². The third-order valence-corrected chi connectivity index (χ3v) is 7.41. The minimum absolute atomic E-state index is 0.174. The van der Waals surface area contributed by atoms with Crippen molar-refractivity contribution in [3.8, 4) is 21.1 Å². The second-order valence-corrected chi connectivity index (χ2v) is 9.96. The Kier molecular flexibility index (Phi) is 7.43. The number of nitrogens with two attached hydrogens (primary N) is 1. The van der Waals surface area contributed by atoms with Crippen LogP contribution in [0.3, 0.4) is 0 Å². The summed E-state index contributed by atoms with van der Waals surface area (Å²) in [5.74, 6) is -0.190. The number of aromatic nitrogens is 2. The van der Waals surface area contributed by atoms with Crippen molar-refractivity contribution < 1.29 is 14.3 Å². The van der Waals surface area contributed by atoms with Gasteiger partial charge in [0, 0.05) is 27.9 Å². The molecular formula is C28H23N5O3S2. The molecule has 0 aliphatic rings. The number of amides is 1. The number of carbonyl (C=O) groups is 2. The third kappa shape index (κ3) is 5.72. The monoisotopic (exact) mass is 541 g/mol. The Labute approximate surface area is 227 Å². The van der Waals surface area contributed by atoms with Gasteiger partial charge in [0.25, 0.3) is 5.91 Å². The van der Waals surface area contributed by atoms with Gasteiger partial charge in [0.05, 0.1) is 17.9 Å². The van der Waals surface area contributed by atoms with Crippen LogP contribution in [0.25, 0.3) is 21.1 Å². The molecule has 0 atom stereocenters. The maximum absolute atomic E-state index is 12.5. The number of hydrogen-bond donors (Lipinski definition) is 3. The van der Waals surface area contributed by atoms with Gasteiger partial charge < -0.3 is 21.1 Å². The Morgan fingerprint density at radius 3 is 2.50 bits per heavy atom. The molecule has 0 fully saturated rings. The molecule has 8 nitrogen and oxygen atoms in total. The van der Waals surface area contributed by atoms with E-state index in [9.17, 15) is 9.59 Å². The maximum atomic E-state index is 12.5. The first-order valence-corrected chi connectivity index (χ1v) is 13.4. The highest BCUT2D eigenvalue weighted by Gasteiger charge is 2.16. The molecule has 5 aromatic rings. The molecule has 1 amide bonds. The average molecular weight is 542 g/mol. The summed E-state index contributed by atoms with van der Waals surface area (Å²) in [4.78, 5) is 34.5. The molecule has 190 valence electrons. The predicted molar refractivity (Wildman–Crippen MR) is 153 cm³/mol. The first-order chi connectivity index (χ1) is 18.5. The number of nitrogens with one attached hydrogen (secondary N) is 2. The summed E-state index contributed by atoms with van der Waals surface area (Å²) in [5.41, 5.74) is 10.3. The number of thiazole rings is 2. The topological polar surface area (TPSA) is 119 Å². The fraction of sp³-hybridized carbons (Fsp3) is 0.0714. The number of nitrogen functional groups attached to an aromatic ring is 1. The van der Waals surface area contributed by atoms with Crippen LogP contribution in [-0.2, 0) is 4.74 Å². The molecule has 0 unspecified atom stereocenters. The van der Waals surface area contributed by atoms with E-state index in [1.807, 2.05) is 53.9 Å². The second-order valence-electron chi connectivity index (χ2n) is 8.10. The lowest BCUT2D eigenvalue weighted by atomic mass is 10.1. The van der Waals surface area contributed by atoms with Crippen LogP contribution in [0.2, 0.25) is 0 Å². The normalized spacial score (nSPS) is 10.7. The molecule has 2 heterocycles. The quantitative estimate of drug-likeness (QED) is 0.187. The lowest BCUT2D eigenvalue weighted by Crippen LogP contribution is -2.11. The van der Waals surface area contributed by atoms with Gasteiger partial charge in [-0.05, 0) is 49.4 Å². The second kappa shape index (κ2) is 11.2. The highest BCUT2D eigenvalue weighted by atomic mass is 32.1. The molecule has 0 aliphatic carbocycles. The van der Waals surface area contributed by atoms with Crippen LogP contribution >= 0.6 is 22.7 Å². The van der Waals surface area contributed by atoms with Crippen molar-refractivity contribution in [1.29, 1.82) is 0 Å². The van der Waals surface area contributed by atoms with E-state index in [0.717, 1.165) is 21.1 Å². The number of esters is 1. The molecule has 0 bridgehead atoms. The number of benzene rings is 3. The summed E-state index contributed by atoms with van der Waals surface area (Å²) in [6.07, 6.45) is 0. The summed E-state index contributed by atoms with van der Waals surface area (Å²) < 4.78 is 5.07. The fourth-order valence-electron chi connectivity index (χ4n) is 3.66. The van der Waals surface area contributed by atoms with Crippen LogP contribution in [0.4, 0.5) is 22.3 Å². The van der Waals surface area contributed by atoms with Crippen LogP contribution in [0, 0.1) is 0 Å². The van der Waals surface area contributed by atoms with E-state index >= 15 is 0 Å². The molecule has 0 saturated heterocycles. The Morgan fingerprint density at radius 2 is 1.68 bits per heavy atom. The lowest BCUT2D eigenvalue weighted by molar-refractivity contribution is 0.0526. The summed E-state index contributed by atoms with van der Waals surface area (Å²) >= 11 is 2.84. The Hall–Kier alpha value is -4.54. The smallest absolute Gasteiger partial charge is 0.338 e. The lowest BCUT2D eigenvalue weighted by Gasteiger charge is -2.06. The number of anilines is 4. The molecule has 2 aromatic heterocycles. The van der Waals surface area contributed by atoms with Gasteiger partial charge in [-0.15, -0.1) is 11.3 Å². The molecule has 0 radical (unpaired) electrons. The van der Waals surface area contributed by atoms with Crippen molar-refractivity contribution in [2.75, 3.05) is 23.0 Å².